The van der Waals surface area contributed by atoms with Crippen LogP contribution in [0.25, 0.3) is 5.76 Å². The summed E-state index contributed by atoms with van der Waals surface area (Å²) in [5.74, 6) is 2.67. The third-order valence-corrected chi connectivity index (χ3v) is 3.54. The Balaban J connectivity index is 2.51. The van der Waals surface area contributed by atoms with Crippen molar-refractivity contribution >= 4 is 5.76 Å². The molecule has 1 aliphatic rings. The molecule has 4 heteroatoms. The molecule has 1 atom stereocenters. The zero-order valence-electron chi connectivity index (χ0n) is 11.7. The number of fused-ring (bicyclic) bond motifs is 1. The van der Waals surface area contributed by atoms with E-state index in [4.69, 9.17) is 19.9 Å². The smallest absolute Gasteiger partial charge is 0.168 e. The third-order valence-electron chi connectivity index (χ3n) is 3.54. The molecule has 2 N–H and O–H groups in total. The molecule has 0 bridgehead atoms. The monoisotopic (exact) mass is 263 g/mol. The molecule has 1 aromatic carbocycles. The van der Waals surface area contributed by atoms with Gasteiger partial charge in [-0.05, 0) is 31.0 Å². The van der Waals surface area contributed by atoms with E-state index < -0.39 is 0 Å². The number of hydrogen-bond acceptors (Lipinski definition) is 4. The third kappa shape index (κ3) is 2.28. The van der Waals surface area contributed by atoms with Crippen LogP contribution in [-0.2, 0) is 9.47 Å². The van der Waals surface area contributed by atoms with Crippen molar-refractivity contribution in [2.45, 2.75) is 18.8 Å². The molecule has 0 spiro atoms. The van der Waals surface area contributed by atoms with Gasteiger partial charge in [0.05, 0.1) is 26.9 Å². The average Bonchev–Trinajstić information content (AvgIpc) is 2.77. The van der Waals surface area contributed by atoms with Gasteiger partial charge in [0.2, 0.25) is 0 Å². The van der Waals surface area contributed by atoms with E-state index in [0.717, 1.165) is 35.7 Å². The number of hydrogen-bond donors (Lipinski definition) is 1. The predicted octanol–water partition coefficient (Wildman–Crippen LogP) is 2.49. The SMILES string of the molecule is COC1=C(OC)C(CCCN)c2cccc(OC)c21. The Bertz CT molecular complexity index is 482. The summed E-state index contributed by atoms with van der Waals surface area (Å²) in [6.45, 7) is 0.676. The minimum atomic E-state index is 0.202. The molecule has 1 unspecified atom stereocenters. The molecule has 0 saturated carbocycles. The van der Waals surface area contributed by atoms with Gasteiger partial charge in [-0.15, -0.1) is 0 Å². The van der Waals surface area contributed by atoms with Crippen molar-refractivity contribution in [3.8, 4) is 5.75 Å². The van der Waals surface area contributed by atoms with Crippen molar-refractivity contribution in [2.75, 3.05) is 27.9 Å². The lowest BCUT2D eigenvalue weighted by Crippen LogP contribution is -2.06. The first-order valence-corrected chi connectivity index (χ1v) is 6.47. The molecule has 2 rings (SSSR count). The van der Waals surface area contributed by atoms with E-state index in [0.29, 0.717) is 6.54 Å². The summed E-state index contributed by atoms with van der Waals surface area (Å²) < 4.78 is 16.5. The summed E-state index contributed by atoms with van der Waals surface area (Å²) in [7, 11) is 5.01. The summed E-state index contributed by atoms with van der Waals surface area (Å²) in [6, 6.07) is 6.04. The quantitative estimate of drug-likeness (QED) is 0.856. The predicted molar refractivity (Wildman–Crippen MR) is 75.0 cm³/mol. The molecule has 0 fully saturated rings. The second kappa shape index (κ2) is 5.97. The second-order valence-electron chi connectivity index (χ2n) is 4.51. The standard InChI is InChI=1S/C15H21NO3/c1-17-12-8-4-6-10-11(7-5-9-16)14(18-2)15(19-3)13(10)12/h4,6,8,11H,5,7,9,16H2,1-3H3. The Morgan fingerprint density at radius 3 is 2.47 bits per heavy atom. The highest BCUT2D eigenvalue weighted by atomic mass is 16.5. The topological polar surface area (TPSA) is 53.7 Å². The molecule has 0 amide bonds. The number of benzene rings is 1. The van der Waals surface area contributed by atoms with Gasteiger partial charge in [-0.2, -0.15) is 0 Å². The molecule has 0 radical (unpaired) electrons. The first kappa shape index (κ1) is 13.7. The van der Waals surface area contributed by atoms with Gasteiger partial charge in [-0.1, -0.05) is 12.1 Å². The van der Waals surface area contributed by atoms with E-state index in [1.165, 1.54) is 5.56 Å². The van der Waals surface area contributed by atoms with Crippen molar-refractivity contribution in [3.63, 3.8) is 0 Å². The van der Waals surface area contributed by atoms with Gasteiger partial charge in [0, 0.05) is 5.92 Å². The van der Waals surface area contributed by atoms with Gasteiger partial charge in [0.25, 0.3) is 0 Å². The van der Waals surface area contributed by atoms with Gasteiger partial charge in [0.15, 0.2) is 5.76 Å². The van der Waals surface area contributed by atoms with Crippen LogP contribution < -0.4 is 10.5 Å². The van der Waals surface area contributed by atoms with Gasteiger partial charge >= 0.3 is 0 Å². The van der Waals surface area contributed by atoms with Crippen LogP contribution in [0.3, 0.4) is 0 Å². The highest BCUT2D eigenvalue weighted by Gasteiger charge is 2.35. The van der Waals surface area contributed by atoms with Crippen molar-refractivity contribution < 1.29 is 14.2 Å². The van der Waals surface area contributed by atoms with Crippen LogP contribution in [-0.4, -0.2) is 27.9 Å². The molecule has 4 nitrogen and oxygen atoms in total. The first-order chi connectivity index (χ1) is 9.28. The highest BCUT2D eigenvalue weighted by Crippen LogP contribution is 2.48. The Labute approximate surface area is 114 Å². The number of allylic oxidation sites excluding steroid dienone is 1. The van der Waals surface area contributed by atoms with Gasteiger partial charge in [-0.3, -0.25) is 0 Å². The molecule has 104 valence electrons. The van der Waals surface area contributed by atoms with Crippen molar-refractivity contribution in [2.24, 2.45) is 5.73 Å². The molecular formula is C15H21NO3. The lowest BCUT2D eigenvalue weighted by molar-refractivity contribution is 0.245. The van der Waals surface area contributed by atoms with E-state index in [1.54, 1.807) is 21.3 Å². The van der Waals surface area contributed by atoms with Gasteiger partial charge < -0.3 is 19.9 Å². The Hall–Kier alpha value is -1.68. The maximum Gasteiger partial charge on any atom is 0.168 e. The Morgan fingerprint density at radius 2 is 1.89 bits per heavy atom. The fourth-order valence-corrected chi connectivity index (χ4v) is 2.72. The summed E-state index contributed by atoms with van der Waals surface area (Å²) >= 11 is 0. The van der Waals surface area contributed by atoms with E-state index in [1.807, 2.05) is 12.1 Å². The van der Waals surface area contributed by atoms with Gasteiger partial charge in [-0.25, -0.2) is 0 Å². The summed E-state index contributed by atoms with van der Waals surface area (Å²) in [5.41, 5.74) is 7.83. The van der Waals surface area contributed by atoms with Crippen molar-refractivity contribution in [1.29, 1.82) is 0 Å². The lowest BCUT2D eigenvalue weighted by atomic mass is 9.94. The number of rotatable bonds is 6. The van der Waals surface area contributed by atoms with Crippen molar-refractivity contribution in [1.82, 2.24) is 0 Å². The molecule has 0 saturated heterocycles. The fraction of sp³-hybridized carbons (Fsp3) is 0.467. The normalized spacial score (nSPS) is 17.4. The Morgan fingerprint density at radius 1 is 1.11 bits per heavy atom. The largest absolute Gasteiger partial charge is 0.497 e. The molecule has 1 aromatic rings. The maximum absolute atomic E-state index is 5.62. The molecule has 19 heavy (non-hydrogen) atoms. The minimum absolute atomic E-state index is 0.202. The zero-order valence-corrected chi connectivity index (χ0v) is 11.7. The lowest BCUT2D eigenvalue weighted by Gasteiger charge is -2.14. The summed E-state index contributed by atoms with van der Waals surface area (Å²) in [4.78, 5) is 0. The zero-order chi connectivity index (χ0) is 13.8. The van der Waals surface area contributed by atoms with E-state index in [2.05, 4.69) is 6.07 Å². The van der Waals surface area contributed by atoms with Crippen LogP contribution in [0, 0.1) is 0 Å². The van der Waals surface area contributed by atoms with Crippen LogP contribution in [0.4, 0.5) is 0 Å². The van der Waals surface area contributed by atoms with Crippen LogP contribution in [0.5, 0.6) is 5.75 Å². The van der Waals surface area contributed by atoms with Crippen molar-refractivity contribution in [3.05, 3.63) is 35.1 Å². The summed E-state index contributed by atoms with van der Waals surface area (Å²) in [5, 5.41) is 0. The molecule has 0 heterocycles. The molecule has 1 aliphatic carbocycles. The van der Waals surface area contributed by atoms with Crippen LogP contribution in [0.2, 0.25) is 0 Å². The van der Waals surface area contributed by atoms with E-state index in [-0.39, 0.29) is 5.92 Å². The van der Waals surface area contributed by atoms with Crippen LogP contribution in [0.15, 0.2) is 24.0 Å². The van der Waals surface area contributed by atoms with Crippen LogP contribution >= 0.6 is 0 Å². The number of ether oxygens (including phenoxy) is 3. The number of nitrogens with two attached hydrogens (primary N) is 1. The summed E-state index contributed by atoms with van der Waals surface area (Å²) in [6.07, 6.45) is 1.90. The highest BCUT2D eigenvalue weighted by molar-refractivity contribution is 5.77. The van der Waals surface area contributed by atoms with Gasteiger partial charge in [0.1, 0.15) is 11.5 Å². The van der Waals surface area contributed by atoms with E-state index in [9.17, 15) is 0 Å². The van der Waals surface area contributed by atoms with E-state index >= 15 is 0 Å². The minimum Gasteiger partial charge on any atom is -0.497 e. The maximum atomic E-state index is 5.62. The second-order valence-corrected chi connectivity index (χ2v) is 4.51. The molecule has 0 aromatic heterocycles. The molecule has 0 aliphatic heterocycles. The molecular weight excluding hydrogens is 242 g/mol. The average molecular weight is 263 g/mol. The Kier molecular flexibility index (Phi) is 4.32. The van der Waals surface area contributed by atoms with Crippen LogP contribution in [0.1, 0.15) is 29.9 Å². The fourth-order valence-electron chi connectivity index (χ4n) is 2.72. The first-order valence-electron chi connectivity index (χ1n) is 6.47. The number of methoxy groups -OCH3 is 3.